The molecule has 0 rings (SSSR count). The summed E-state index contributed by atoms with van der Waals surface area (Å²) in [7, 11) is 0. The summed E-state index contributed by atoms with van der Waals surface area (Å²) in [4.78, 5) is 10.0. The minimum absolute atomic E-state index is 0.0375. The van der Waals surface area contributed by atoms with Crippen LogP contribution in [0.15, 0.2) is 0 Å². The smallest absolute Gasteiger partial charge is 0.303 e. The van der Waals surface area contributed by atoms with Crippen LogP contribution in [0.2, 0.25) is 0 Å². The summed E-state index contributed by atoms with van der Waals surface area (Å²) in [5.74, 6) is -0.909. The standard InChI is InChI=1S/C6H13NO3/c1-6(10,4-7)3-2-5(8)9/h10H,2-4,7H2,1H3,(H,8,9). The van der Waals surface area contributed by atoms with Crippen LogP contribution >= 0.6 is 0 Å². The molecule has 1 atom stereocenters. The van der Waals surface area contributed by atoms with E-state index in [4.69, 9.17) is 10.8 Å². The van der Waals surface area contributed by atoms with Gasteiger partial charge in [0.05, 0.1) is 5.60 Å². The predicted octanol–water partition coefficient (Wildman–Crippen LogP) is -0.439. The highest BCUT2D eigenvalue weighted by atomic mass is 16.4. The van der Waals surface area contributed by atoms with E-state index in [1.165, 1.54) is 6.92 Å². The highest BCUT2D eigenvalue weighted by Gasteiger charge is 2.18. The Balaban J connectivity index is 3.56. The van der Waals surface area contributed by atoms with Gasteiger partial charge in [0.2, 0.25) is 0 Å². The van der Waals surface area contributed by atoms with Gasteiger partial charge in [-0.25, -0.2) is 0 Å². The number of carboxylic acid groups (broad SMARTS) is 1. The molecule has 10 heavy (non-hydrogen) atoms. The van der Waals surface area contributed by atoms with Crippen LogP contribution in [0.25, 0.3) is 0 Å². The Kier molecular flexibility index (Phi) is 3.32. The lowest BCUT2D eigenvalue weighted by Crippen LogP contribution is -2.34. The highest BCUT2D eigenvalue weighted by Crippen LogP contribution is 2.08. The zero-order valence-corrected chi connectivity index (χ0v) is 6.00. The molecule has 0 amide bonds. The molecular formula is C6H13NO3. The molecule has 0 saturated heterocycles. The van der Waals surface area contributed by atoms with Gasteiger partial charge in [-0.15, -0.1) is 0 Å². The fourth-order valence-corrected chi connectivity index (χ4v) is 0.478. The number of carbonyl (C=O) groups is 1. The van der Waals surface area contributed by atoms with Crippen molar-refractivity contribution in [1.82, 2.24) is 0 Å². The summed E-state index contributed by atoms with van der Waals surface area (Å²) in [6.45, 7) is 1.62. The quantitative estimate of drug-likeness (QED) is 0.503. The van der Waals surface area contributed by atoms with Crippen molar-refractivity contribution >= 4 is 5.97 Å². The number of hydrogen-bond donors (Lipinski definition) is 3. The van der Waals surface area contributed by atoms with Gasteiger partial charge in [0.1, 0.15) is 0 Å². The Morgan fingerprint density at radius 3 is 2.50 bits per heavy atom. The molecule has 4 heteroatoms. The number of aliphatic carboxylic acids is 1. The first-order valence-corrected chi connectivity index (χ1v) is 3.12. The van der Waals surface area contributed by atoms with E-state index in [0.717, 1.165) is 0 Å². The molecular weight excluding hydrogens is 134 g/mol. The summed E-state index contributed by atoms with van der Waals surface area (Å²) in [5, 5.41) is 17.4. The van der Waals surface area contributed by atoms with Gasteiger partial charge in [0.25, 0.3) is 0 Å². The van der Waals surface area contributed by atoms with Crippen LogP contribution in [0, 0.1) is 0 Å². The van der Waals surface area contributed by atoms with Crippen LogP contribution in [0.4, 0.5) is 0 Å². The SMILES string of the molecule is CC(O)(CN)CCC(=O)O. The van der Waals surface area contributed by atoms with Crippen molar-refractivity contribution in [3.63, 3.8) is 0 Å². The molecule has 4 nitrogen and oxygen atoms in total. The van der Waals surface area contributed by atoms with Crippen molar-refractivity contribution in [3.8, 4) is 0 Å². The molecule has 0 bridgehead atoms. The first kappa shape index (κ1) is 9.39. The third kappa shape index (κ3) is 4.29. The van der Waals surface area contributed by atoms with Crippen LogP contribution in [-0.2, 0) is 4.79 Å². The molecule has 0 aromatic carbocycles. The van der Waals surface area contributed by atoms with Gasteiger partial charge in [-0.05, 0) is 13.3 Å². The van der Waals surface area contributed by atoms with Crippen molar-refractivity contribution in [1.29, 1.82) is 0 Å². The summed E-state index contributed by atoms with van der Waals surface area (Å²) in [5.41, 5.74) is 4.12. The zero-order valence-electron chi connectivity index (χ0n) is 6.00. The topological polar surface area (TPSA) is 83.5 Å². The van der Waals surface area contributed by atoms with Gasteiger partial charge in [-0.3, -0.25) is 4.79 Å². The normalized spacial score (nSPS) is 16.3. The minimum atomic E-state index is -1.03. The molecule has 4 N–H and O–H groups in total. The van der Waals surface area contributed by atoms with Crippen LogP contribution in [-0.4, -0.2) is 28.3 Å². The molecule has 60 valence electrons. The first-order chi connectivity index (χ1) is 4.48. The third-order valence-electron chi connectivity index (χ3n) is 1.32. The van der Waals surface area contributed by atoms with Gasteiger partial charge < -0.3 is 15.9 Å². The van der Waals surface area contributed by atoms with E-state index in [1.54, 1.807) is 0 Å². The number of carboxylic acids is 1. The zero-order chi connectivity index (χ0) is 8.20. The van der Waals surface area contributed by atoms with Crippen molar-refractivity contribution in [2.75, 3.05) is 6.54 Å². The van der Waals surface area contributed by atoms with Crippen LogP contribution in [0.5, 0.6) is 0 Å². The monoisotopic (exact) mass is 147 g/mol. The number of hydrogen-bond acceptors (Lipinski definition) is 3. The Bertz CT molecular complexity index is 122. The van der Waals surface area contributed by atoms with E-state index in [1.807, 2.05) is 0 Å². The molecule has 0 aliphatic rings. The number of aliphatic hydroxyl groups is 1. The van der Waals surface area contributed by atoms with Gasteiger partial charge in [0.15, 0.2) is 0 Å². The van der Waals surface area contributed by atoms with Crippen LogP contribution in [0.3, 0.4) is 0 Å². The maximum Gasteiger partial charge on any atom is 0.303 e. The first-order valence-electron chi connectivity index (χ1n) is 3.12. The largest absolute Gasteiger partial charge is 0.481 e. The molecule has 0 fully saturated rings. The van der Waals surface area contributed by atoms with Crippen LogP contribution in [0.1, 0.15) is 19.8 Å². The van der Waals surface area contributed by atoms with E-state index >= 15 is 0 Å². The fourth-order valence-electron chi connectivity index (χ4n) is 0.478. The van der Waals surface area contributed by atoms with Crippen molar-refractivity contribution in [2.24, 2.45) is 5.73 Å². The van der Waals surface area contributed by atoms with E-state index in [2.05, 4.69) is 0 Å². The maximum atomic E-state index is 10.0. The van der Waals surface area contributed by atoms with E-state index < -0.39 is 11.6 Å². The fraction of sp³-hybridized carbons (Fsp3) is 0.833. The number of rotatable bonds is 4. The van der Waals surface area contributed by atoms with Gasteiger partial charge in [0, 0.05) is 13.0 Å². The van der Waals surface area contributed by atoms with Crippen molar-refractivity contribution in [3.05, 3.63) is 0 Å². The Hall–Kier alpha value is -0.610. The summed E-state index contributed by atoms with van der Waals surface area (Å²) >= 11 is 0. The second-order valence-corrected chi connectivity index (χ2v) is 2.59. The van der Waals surface area contributed by atoms with Crippen LogP contribution < -0.4 is 5.73 Å². The summed E-state index contributed by atoms with van der Waals surface area (Å²) in [6.07, 6.45) is 0.170. The van der Waals surface area contributed by atoms with Crippen molar-refractivity contribution in [2.45, 2.75) is 25.4 Å². The second-order valence-electron chi connectivity index (χ2n) is 2.59. The second kappa shape index (κ2) is 3.53. The average Bonchev–Trinajstić information content (AvgIpc) is 1.85. The molecule has 0 aliphatic carbocycles. The average molecular weight is 147 g/mol. The molecule has 0 aromatic rings. The lowest BCUT2D eigenvalue weighted by Gasteiger charge is -2.19. The van der Waals surface area contributed by atoms with E-state index in [-0.39, 0.29) is 19.4 Å². The van der Waals surface area contributed by atoms with Gasteiger partial charge >= 0.3 is 5.97 Å². The van der Waals surface area contributed by atoms with E-state index in [0.29, 0.717) is 0 Å². The lowest BCUT2D eigenvalue weighted by molar-refractivity contribution is -0.138. The molecule has 0 aromatic heterocycles. The van der Waals surface area contributed by atoms with E-state index in [9.17, 15) is 9.90 Å². The van der Waals surface area contributed by atoms with Crippen molar-refractivity contribution < 1.29 is 15.0 Å². The minimum Gasteiger partial charge on any atom is -0.481 e. The molecule has 0 heterocycles. The molecule has 0 saturated carbocycles. The third-order valence-corrected chi connectivity index (χ3v) is 1.32. The highest BCUT2D eigenvalue weighted by molar-refractivity contribution is 5.66. The summed E-state index contributed by atoms with van der Waals surface area (Å²) in [6, 6.07) is 0. The van der Waals surface area contributed by atoms with Gasteiger partial charge in [-0.1, -0.05) is 0 Å². The molecule has 1 unspecified atom stereocenters. The Morgan fingerprint density at radius 1 is 1.70 bits per heavy atom. The summed E-state index contributed by atoms with van der Waals surface area (Å²) < 4.78 is 0. The predicted molar refractivity (Wildman–Crippen MR) is 36.5 cm³/mol. The maximum absolute atomic E-state index is 10.0. The molecule has 0 spiro atoms. The molecule has 0 aliphatic heterocycles. The Morgan fingerprint density at radius 2 is 2.20 bits per heavy atom. The van der Waals surface area contributed by atoms with Gasteiger partial charge in [-0.2, -0.15) is 0 Å². The molecule has 0 radical (unpaired) electrons. The number of nitrogens with two attached hydrogens (primary N) is 1. The lowest BCUT2D eigenvalue weighted by atomic mass is 10.0. The Labute approximate surface area is 59.7 Å².